The molecule has 0 bridgehead atoms. The molecule has 0 saturated carbocycles. The van der Waals surface area contributed by atoms with E-state index in [0.29, 0.717) is 5.69 Å². The molecular formula is C10H11F3N2O. The van der Waals surface area contributed by atoms with Gasteiger partial charge in [0.25, 0.3) is 0 Å². The van der Waals surface area contributed by atoms with Crippen molar-refractivity contribution in [1.29, 1.82) is 0 Å². The first-order valence-electron chi connectivity index (χ1n) is 4.79. The molecule has 0 spiro atoms. The molecule has 6 heteroatoms. The monoisotopic (exact) mass is 232 g/mol. The summed E-state index contributed by atoms with van der Waals surface area (Å²) in [5.74, 6) is 0.0432. The fourth-order valence-electron chi connectivity index (χ4n) is 1.59. The molecule has 1 atom stereocenters. The molecule has 1 aliphatic heterocycles. The average Bonchev–Trinajstić information content (AvgIpc) is 2.17. The first-order chi connectivity index (χ1) is 7.38. The van der Waals surface area contributed by atoms with E-state index in [-0.39, 0.29) is 12.4 Å². The van der Waals surface area contributed by atoms with Crippen LogP contribution in [0.25, 0.3) is 0 Å². The van der Waals surface area contributed by atoms with Crippen molar-refractivity contribution in [3.8, 4) is 5.88 Å². The molecule has 1 aromatic heterocycles. The van der Waals surface area contributed by atoms with Crippen molar-refractivity contribution in [2.24, 2.45) is 0 Å². The molecule has 0 aromatic carbocycles. The topological polar surface area (TPSA) is 25.4 Å². The highest BCUT2D eigenvalue weighted by molar-refractivity contribution is 5.57. The standard InChI is InChI=1S/C10H11F3N2O/c1-6-3-7-9(14-4-6)16-8(5-15(7)2)10(11,12)13/h3-4,8H,5H2,1-2H3/t8-/m0/s1. The van der Waals surface area contributed by atoms with Gasteiger partial charge in [0.15, 0.2) is 0 Å². The van der Waals surface area contributed by atoms with Gasteiger partial charge in [-0.25, -0.2) is 4.98 Å². The van der Waals surface area contributed by atoms with E-state index in [1.54, 1.807) is 13.1 Å². The molecule has 0 saturated heterocycles. The first kappa shape index (κ1) is 11.0. The molecule has 0 amide bonds. The van der Waals surface area contributed by atoms with Crippen molar-refractivity contribution in [3.05, 3.63) is 17.8 Å². The molecular weight excluding hydrogens is 221 g/mol. The Labute approximate surface area is 90.8 Å². The Kier molecular flexibility index (Phi) is 2.44. The van der Waals surface area contributed by atoms with Crippen molar-refractivity contribution in [3.63, 3.8) is 0 Å². The zero-order chi connectivity index (χ0) is 11.9. The quantitative estimate of drug-likeness (QED) is 0.685. The SMILES string of the molecule is Cc1cnc2c(c1)N(C)C[C@@H](C(F)(F)F)O2. The lowest BCUT2D eigenvalue weighted by Gasteiger charge is -2.33. The van der Waals surface area contributed by atoms with Crippen LogP contribution in [0.2, 0.25) is 0 Å². The number of pyridine rings is 1. The third kappa shape index (κ3) is 1.91. The van der Waals surface area contributed by atoms with Crippen LogP contribution in [0.4, 0.5) is 18.9 Å². The van der Waals surface area contributed by atoms with Crippen molar-refractivity contribution < 1.29 is 17.9 Å². The Hall–Kier alpha value is -1.46. The minimum absolute atomic E-state index is 0.0432. The van der Waals surface area contributed by atoms with Crippen LogP contribution >= 0.6 is 0 Å². The number of nitrogens with zero attached hydrogens (tertiary/aromatic N) is 2. The van der Waals surface area contributed by atoms with Gasteiger partial charge >= 0.3 is 6.18 Å². The second kappa shape index (κ2) is 3.54. The van der Waals surface area contributed by atoms with E-state index in [1.807, 2.05) is 6.92 Å². The fourth-order valence-corrected chi connectivity index (χ4v) is 1.59. The minimum atomic E-state index is -4.36. The van der Waals surface area contributed by atoms with E-state index in [0.717, 1.165) is 5.56 Å². The number of fused-ring (bicyclic) bond motifs is 1. The van der Waals surface area contributed by atoms with Gasteiger partial charge in [0.2, 0.25) is 12.0 Å². The number of likely N-dealkylation sites (N-methyl/N-ethyl adjacent to an activating group) is 1. The van der Waals surface area contributed by atoms with Gasteiger partial charge in [-0.3, -0.25) is 0 Å². The van der Waals surface area contributed by atoms with Gasteiger partial charge in [-0.05, 0) is 18.6 Å². The number of hydrogen-bond acceptors (Lipinski definition) is 3. The zero-order valence-corrected chi connectivity index (χ0v) is 8.88. The summed E-state index contributed by atoms with van der Waals surface area (Å²) in [6.45, 7) is 1.62. The molecule has 3 nitrogen and oxygen atoms in total. The summed E-state index contributed by atoms with van der Waals surface area (Å²) in [6.07, 6.45) is -4.68. The Morgan fingerprint density at radius 2 is 2.19 bits per heavy atom. The van der Waals surface area contributed by atoms with Crippen LogP contribution in [0.1, 0.15) is 5.56 Å². The summed E-state index contributed by atoms with van der Waals surface area (Å²) in [7, 11) is 1.60. The Bertz CT molecular complexity index is 406. The maximum Gasteiger partial charge on any atom is 0.427 e. The lowest BCUT2D eigenvalue weighted by atomic mass is 10.2. The highest BCUT2D eigenvalue weighted by Crippen LogP contribution is 2.35. The number of aryl methyl sites for hydroxylation is 1. The third-order valence-electron chi connectivity index (χ3n) is 2.44. The van der Waals surface area contributed by atoms with Gasteiger partial charge in [0, 0.05) is 13.2 Å². The molecule has 0 unspecified atom stereocenters. The van der Waals surface area contributed by atoms with Crippen LogP contribution in [0.15, 0.2) is 12.3 Å². The average molecular weight is 232 g/mol. The molecule has 2 rings (SSSR count). The number of rotatable bonds is 0. The summed E-state index contributed by atoms with van der Waals surface area (Å²) in [5, 5.41) is 0. The van der Waals surface area contributed by atoms with E-state index in [4.69, 9.17) is 4.74 Å². The number of halogens is 3. The molecule has 0 aliphatic carbocycles. The smallest absolute Gasteiger partial charge is 0.427 e. The molecule has 0 radical (unpaired) electrons. The fraction of sp³-hybridized carbons (Fsp3) is 0.500. The van der Waals surface area contributed by atoms with Crippen molar-refractivity contribution in [2.45, 2.75) is 19.2 Å². The van der Waals surface area contributed by atoms with Crippen molar-refractivity contribution in [1.82, 2.24) is 4.98 Å². The van der Waals surface area contributed by atoms with Gasteiger partial charge in [-0.1, -0.05) is 0 Å². The Balaban J connectivity index is 2.34. The maximum absolute atomic E-state index is 12.5. The van der Waals surface area contributed by atoms with E-state index in [1.165, 1.54) is 11.1 Å². The molecule has 1 aliphatic rings. The lowest BCUT2D eigenvalue weighted by Crippen LogP contribution is -2.47. The zero-order valence-electron chi connectivity index (χ0n) is 8.88. The van der Waals surface area contributed by atoms with E-state index in [9.17, 15) is 13.2 Å². The Morgan fingerprint density at radius 1 is 1.50 bits per heavy atom. The summed E-state index contributed by atoms with van der Waals surface area (Å²) >= 11 is 0. The highest BCUT2D eigenvalue weighted by Gasteiger charge is 2.45. The molecule has 0 N–H and O–H groups in total. The first-order valence-corrected chi connectivity index (χ1v) is 4.79. The summed E-state index contributed by atoms with van der Waals surface area (Å²) < 4.78 is 42.4. The van der Waals surface area contributed by atoms with Gasteiger partial charge in [0.05, 0.1) is 6.54 Å². The highest BCUT2D eigenvalue weighted by atomic mass is 19.4. The van der Waals surface area contributed by atoms with Gasteiger partial charge in [0.1, 0.15) is 5.69 Å². The van der Waals surface area contributed by atoms with E-state index >= 15 is 0 Å². The molecule has 16 heavy (non-hydrogen) atoms. The number of anilines is 1. The van der Waals surface area contributed by atoms with Crippen LogP contribution < -0.4 is 9.64 Å². The predicted octanol–water partition coefficient (Wildman–Crippen LogP) is 2.15. The normalized spacial score (nSPS) is 20.3. The summed E-state index contributed by atoms with van der Waals surface area (Å²) in [6, 6.07) is 1.76. The van der Waals surface area contributed by atoms with Crippen LogP contribution in [0.3, 0.4) is 0 Å². The number of hydrogen-bond donors (Lipinski definition) is 0. The number of alkyl halides is 3. The third-order valence-corrected chi connectivity index (χ3v) is 2.44. The van der Waals surface area contributed by atoms with Crippen LogP contribution in [0, 0.1) is 6.92 Å². The van der Waals surface area contributed by atoms with Crippen LogP contribution in [-0.2, 0) is 0 Å². The van der Waals surface area contributed by atoms with Crippen molar-refractivity contribution in [2.75, 3.05) is 18.5 Å². The van der Waals surface area contributed by atoms with E-state index < -0.39 is 12.3 Å². The second-order valence-corrected chi connectivity index (χ2v) is 3.87. The second-order valence-electron chi connectivity index (χ2n) is 3.87. The van der Waals surface area contributed by atoms with E-state index in [2.05, 4.69) is 4.98 Å². The molecule has 88 valence electrons. The van der Waals surface area contributed by atoms with Gasteiger partial charge in [-0.2, -0.15) is 13.2 Å². The minimum Gasteiger partial charge on any atom is -0.461 e. The Morgan fingerprint density at radius 3 is 2.81 bits per heavy atom. The maximum atomic E-state index is 12.5. The molecule has 0 fully saturated rings. The molecule has 1 aromatic rings. The number of aromatic nitrogens is 1. The predicted molar refractivity (Wildman–Crippen MR) is 52.7 cm³/mol. The number of ether oxygens (including phenoxy) is 1. The molecule has 2 heterocycles. The van der Waals surface area contributed by atoms with Crippen LogP contribution in [0.5, 0.6) is 5.88 Å². The summed E-state index contributed by atoms with van der Waals surface area (Å²) in [5.41, 5.74) is 1.49. The van der Waals surface area contributed by atoms with Gasteiger partial charge in [-0.15, -0.1) is 0 Å². The lowest BCUT2D eigenvalue weighted by molar-refractivity contribution is -0.194. The van der Waals surface area contributed by atoms with Crippen molar-refractivity contribution >= 4 is 5.69 Å². The summed E-state index contributed by atoms with van der Waals surface area (Å²) in [4.78, 5) is 5.38. The van der Waals surface area contributed by atoms with Gasteiger partial charge < -0.3 is 9.64 Å². The van der Waals surface area contributed by atoms with Crippen LogP contribution in [-0.4, -0.2) is 30.9 Å². The largest absolute Gasteiger partial charge is 0.461 e.